The van der Waals surface area contributed by atoms with Crippen LogP contribution < -0.4 is 15.6 Å². The molecule has 0 saturated carbocycles. The molecular weight excluding hydrogens is 340 g/mol. The monoisotopic (exact) mass is 356 g/mol. The third-order valence-electron chi connectivity index (χ3n) is 3.30. The maximum absolute atomic E-state index is 12.0. The Labute approximate surface area is 148 Å². The number of hydrazine groups is 1. The zero-order valence-corrected chi connectivity index (χ0v) is 14.2. The molecule has 0 bridgehead atoms. The molecular formula is C17H16N4O3S. The predicted octanol–water partition coefficient (Wildman–Crippen LogP) is 2.29. The molecule has 2 heterocycles. The van der Waals surface area contributed by atoms with E-state index in [0.717, 1.165) is 16.1 Å². The van der Waals surface area contributed by atoms with Crippen molar-refractivity contribution in [3.05, 3.63) is 59.1 Å². The number of aromatic nitrogens is 2. The predicted molar refractivity (Wildman–Crippen MR) is 94.2 cm³/mol. The van der Waals surface area contributed by atoms with E-state index in [1.165, 1.54) is 11.3 Å². The van der Waals surface area contributed by atoms with Gasteiger partial charge in [0.1, 0.15) is 5.75 Å². The van der Waals surface area contributed by atoms with Crippen LogP contribution in [0.4, 0.5) is 0 Å². The summed E-state index contributed by atoms with van der Waals surface area (Å²) in [5, 5.41) is 8.66. The van der Waals surface area contributed by atoms with Crippen LogP contribution in [0.2, 0.25) is 0 Å². The first-order valence-corrected chi connectivity index (χ1v) is 8.38. The van der Waals surface area contributed by atoms with Gasteiger partial charge in [-0.25, -0.2) is 0 Å². The van der Waals surface area contributed by atoms with E-state index < -0.39 is 11.8 Å². The summed E-state index contributed by atoms with van der Waals surface area (Å²) in [7, 11) is 0. The summed E-state index contributed by atoms with van der Waals surface area (Å²) in [5.41, 5.74) is 6.63. The molecule has 0 fully saturated rings. The Morgan fingerprint density at radius 1 is 1.20 bits per heavy atom. The van der Waals surface area contributed by atoms with Crippen molar-refractivity contribution in [3.8, 4) is 16.3 Å². The average molecular weight is 356 g/mol. The second kappa shape index (κ2) is 7.63. The van der Waals surface area contributed by atoms with Crippen LogP contribution in [0.25, 0.3) is 10.6 Å². The number of ether oxygens (including phenoxy) is 1. The van der Waals surface area contributed by atoms with E-state index in [4.69, 9.17) is 4.74 Å². The highest BCUT2D eigenvalue weighted by atomic mass is 32.1. The Bertz CT molecular complexity index is 856. The van der Waals surface area contributed by atoms with Gasteiger partial charge in [0.15, 0.2) is 12.3 Å². The van der Waals surface area contributed by atoms with E-state index in [1.54, 1.807) is 18.2 Å². The normalized spacial score (nSPS) is 10.3. The van der Waals surface area contributed by atoms with E-state index in [1.807, 2.05) is 36.6 Å². The lowest BCUT2D eigenvalue weighted by Crippen LogP contribution is -2.44. The van der Waals surface area contributed by atoms with Crippen LogP contribution in [0.15, 0.2) is 47.8 Å². The van der Waals surface area contributed by atoms with Gasteiger partial charge in [-0.1, -0.05) is 23.8 Å². The fourth-order valence-electron chi connectivity index (χ4n) is 2.01. The van der Waals surface area contributed by atoms with Gasteiger partial charge in [0.2, 0.25) is 0 Å². The first-order valence-electron chi connectivity index (χ1n) is 7.50. The van der Waals surface area contributed by atoms with Gasteiger partial charge in [-0.05, 0) is 36.6 Å². The number of H-pyrrole nitrogens is 1. The van der Waals surface area contributed by atoms with Crippen LogP contribution >= 0.6 is 11.3 Å². The maximum atomic E-state index is 12.0. The molecule has 128 valence electrons. The second-order valence-electron chi connectivity index (χ2n) is 5.25. The molecule has 0 unspecified atom stereocenters. The van der Waals surface area contributed by atoms with Crippen molar-refractivity contribution < 1.29 is 14.3 Å². The number of rotatable bonds is 5. The number of nitrogens with one attached hydrogen (secondary N) is 3. The van der Waals surface area contributed by atoms with Gasteiger partial charge >= 0.3 is 0 Å². The summed E-state index contributed by atoms with van der Waals surface area (Å²) < 4.78 is 5.33. The molecule has 2 aromatic heterocycles. The zero-order chi connectivity index (χ0) is 17.6. The molecule has 2 amide bonds. The second-order valence-corrected chi connectivity index (χ2v) is 6.20. The molecule has 0 spiro atoms. The Kier molecular flexibility index (Phi) is 5.10. The molecule has 25 heavy (non-hydrogen) atoms. The smallest absolute Gasteiger partial charge is 0.290 e. The van der Waals surface area contributed by atoms with Crippen molar-refractivity contribution in [2.75, 3.05) is 6.61 Å². The molecule has 0 aliphatic carbocycles. The molecule has 3 aromatic rings. The third kappa shape index (κ3) is 4.45. The highest BCUT2D eigenvalue weighted by Gasteiger charge is 2.13. The molecule has 0 radical (unpaired) electrons. The van der Waals surface area contributed by atoms with Crippen molar-refractivity contribution in [2.45, 2.75) is 6.92 Å². The lowest BCUT2D eigenvalue weighted by molar-refractivity contribution is -0.123. The van der Waals surface area contributed by atoms with E-state index in [9.17, 15) is 9.59 Å². The van der Waals surface area contributed by atoms with Crippen LogP contribution in [-0.4, -0.2) is 28.6 Å². The summed E-state index contributed by atoms with van der Waals surface area (Å²) in [4.78, 5) is 24.7. The SMILES string of the molecule is Cc1ccc(OCC(=O)NNC(=O)c2cc(-c3cccs3)[nH]n2)cc1. The number of hydrogen-bond acceptors (Lipinski definition) is 5. The summed E-state index contributed by atoms with van der Waals surface area (Å²) >= 11 is 1.54. The van der Waals surface area contributed by atoms with Gasteiger partial charge in [0.05, 0.1) is 10.6 Å². The fourth-order valence-corrected chi connectivity index (χ4v) is 2.70. The number of nitrogens with zero attached hydrogens (tertiary/aromatic N) is 1. The van der Waals surface area contributed by atoms with Gasteiger partial charge in [-0.15, -0.1) is 11.3 Å². The van der Waals surface area contributed by atoms with E-state index in [-0.39, 0.29) is 12.3 Å². The van der Waals surface area contributed by atoms with Gasteiger partial charge in [-0.2, -0.15) is 5.10 Å². The van der Waals surface area contributed by atoms with Crippen molar-refractivity contribution in [3.63, 3.8) is 0 Å². The van der Waals surface area contributed by atoms with Crippen LogP contribution in [0, 0.1) is 6.92 Å². The number of carbonyl (C=O) groups is 2. The molecule has 8 heteroatoms. The number of benzene rings is 1. The van der Waals surface area contributed by atoms with Crippen LogP contribution in [0.3, 0.4) is 0 Å². The molecule has 3 rings (SSSR count). The number of amides is 2. The summed E-state index contributed by atoms with van der Waals surface area (Å²) in [5.74, 6) is -0.398. The average Bonchev–Trinajstić information content (AvgIpc) is 3.30. The highest BCUT2D eigenvalue weighted by Crippen LogP contribution is 2.22. The quantitative estimate of drug-likeness (QED) is 0.611. The summed E-state index contributed by atoms with van der Waals surface area (Å²) in [6.45, 7) is 1.76. The Balaban J connectivity index is 1.47. The van der Waals surface area contributed by atoms with Crippen LogP contribution in [-0.2, 0) is 4.79 Å². The van der Waals surface area contributed by atoms with Crippen molar-refractivity contribution in [2.24, 2.45) is 0 Å². The first kappa shape index (κ1) is 16.7. The summed E-state index contributed by atoms with van der Waals surface area (Å²) in [6, 6.07) is 12.8. The van der Waals surface area contributed by atoms with E-state index in [0.29, 0.717) is 5.75 Å². The molecule has 3 N–H and O–H groups in total. The molecule has 0 atom stereocenters. The molecule has 0 saturated heterocycles. The lowest BCUT2D eigenvalue weighted by atomic mass is 10.2. The maximum Gasteiger partial charge on any atom is 0.290 e. The Hall–Kier alpha value is -3.13. The van der Waals surface area contributed by atoms with Crippen LogP contribution in [0.5, 0.6) is 5.75 Å². The van der Waals surface area contributed by atoms with Gasteiger partial charge < -0.3 is 4.74 Å². The van der Waals surface area contributed by atoms with Crippen LogP contribution in [0.1, 0.15) is 16.1 Å². The number of hydrogen-bond donors (Lipinski definition) is 3. The minimum Gasteiger partial charge on any atom is -0.484 e. The number of carbonyl (C=O) groups excluding carboxylic acids is 2. The minimum atomic E-state index is -0.511. The van der Waals surface area contributed by atoms with Gasteiger partial charge in [0.25, 0.3) is 11.8 Å². The fraction of sp³-hybridized carbons (Fsp3) is 0.118. The molecule has 1 aromatic carbocycles. The number of aryl methyl sites for hydroxylation is 1. The molecule has 0 aliphatic rings. The number of aromatic amines is 1. The van der Waals surface area contributed by atoms with Crippen molar-refractivity contribution in [1.29, 1.82) is 0 Å². The minimum absolute atomic E-state index is 0.183. The van der Waals surface area contributed by atoms with Crippen molar-refractivity contribution >= 4 is 23.2 Å². The van der Waals surface area contributed by atoms with Gasteiger partial charge in [-0.3, -0.25) is 25.5 Å². The zero-order valence-electron chi connectivity index (χ0n) is 13.4. The molecule has 0 aliphatic heterocycles. The first-order chi connectivity index (χ1) is 12.1. The van der Waals surface area contributed by atoms with Gasteiger partial charge in [0, 0.05) is 0 Å². The largest absolute Gasteiger partial charge is 0.484 e. The highest BCUT2D eigenvalue weighted by molar-refractivity contribution is 7.13. The Morgan fingerprint density at radius 3 is 2.72 bits per heavy atom. The number of thiophene rings is 1. The third-order valence-corrected chi connectivity index (χ3v) is 4.21. The Morgan fingerprint density at radius 2 is 2.00 bits per heavy atom. The molecule has 7 nitrogen and oxygen atoms in total. The van der Waals surface area contributed by atoms with E-state index in [2.05, 4.69) is 21.0 Å². The lowest BCUT2D eigenvalue weighted by Gasteiger charge is -2.08. The van der Waals surface area contributed by atoms with Crippen molar-refractivity contribution in [1.82, 2.24) is 21.0 Å². The standard InChI is InChI=1S/C17H16N4O3S/c1-11-4-6-12(7-5-11)24-10-16(22)20-21-17(23)14-9-13(18-19-14)15-3-2-8-25-15/h2-9H,10H2,1H3,(H,18,19)(H,20,22)(H,21,23). The summed E-state index contributed by atoms with van der Waals surface area (Å²) in [6.07, 6.45) is 0. The topological polar surface area (TPSA) is 96.1 Å². The van der Waals surface area contributed by atoms with E-state index >= 15 is 0 Å².